The summed E-state index contributed by atoms with van der Waals surface area (Å²) < 4.78 is 7.92. The van der Waals surface area contributed by atoms with Gasteiger partial charge >= 0.3 is 0 Å². The van der Waals surface area contributed by atoms with Crippen molar-refractivity contribution < 1.29 is 9.53 Å². The highest BCUT2D eigenvalue weighted by molar-refractivity contribution is 5.93. The van der Waals surface area contributed by atoms with Gasteiger partial charge in [-0.2, -0.15) is 5.10 Å². The molecule has 0 radical (unpaired) electrons. The Balaban J connectivity index is 1.38. The van der Waals surface area contributed by atoms with Crippen molar-refractivity contribution in [3.63, 3.8) is 0 Å². The van der Waals surface area contributed by atoms with E-state index >= 15 is 0 Å². The number of amides is 1. The number of aromatic nitrogens is 4. The van der Waals surface area contributed by atoms with Crippen LogP contribution in [-0.2, 0) is 4.79 Å². The van der Waals surface area contributed by atoms with Crippen LogP contribution in [0.3, 0.4) is 0 Å². The number of hydrogen-bond acceptors (Lipinski definition) is 5. The van der Waals surface area contributed by atoms with Crippen LogP contribution < -0.4 is 4.74 Å². The van der Waals surface area contributed by atoms with Gasteiger partial charge in [0.15, 0.2) is 5.65 Å². The molecule has 34 heavy (non-hydrogen) atoms. The van der Waals surface area contributed by atoms with Crippen LogP contribution in [0, 0.1) is 11.8 Å². The zero-order valence-corrected chi connectivity index (χ0v) is 19.0. The van der Waals surface area contributed by atoms with E-state index in [9.17, 15) is 4.79 Å². The lowest BCUT2D eigenvalue weighted by atomic mass is 10.1. The number of nitrogens with zero attached hydrogens (tertiary/aromatic N) is 5. The maximum Gasteiger partial charge on any atom is 0.298 e. The molecular weight excluding hydrogens is 426 g/mol. The number of rotatable bonds is 4. The summed E-state index contributed by atoms with van der Waals surface area (Å²) in [6.45, 7) is 3.27. The highest BCUT2D eigenvalue weighted by Crippen LogP contribution is 2.32. The third kappa shape index (κ3) is 4.48. The van der Waals surface area contributed by atoms with E-state index in [2.05, 4.69) is 21.8 Å². The second kappa shape index (κ2) is 9.75. The first-order valence-corrected chi connectivity index (χ1v) is 11.5. The number of piperidine rings is 1. The maximum absolute atomic E-state index is 12.2. The minimum atomic E-state index is -0.0913. The molecule has 4 aromatic rings. The van der Waals surface area contributed by atoms with Crippen molar-refractivity contribution in [2.24, 2.45) is 0 Å². The van der Waals surface area contributed by atoms with E-state index in [-0.39, 0.29) is 11.9 Å². The first-order chi connectivity index (χ1) is 16.7. The lowest BCUT2D eigenvalue weighted by molar-refractivity contribution is -0.126. The Hall–Kier alpha value is -4.18. The van der Waals surface area contributed by atoms with Crippen LogP contribution in [0.4, 0.5) is 0 Å². The van der Waals surface area contributed by atoms with Gasteiger partial charge in [-0.1, -0.05) is 31.0 Å². The summed E-state index contributed by atoms with van der Waals surface area (Å²) >= 11 is 0. The summed E-state index contributed by atoms with van der Waals surface area (Å²) in [5, 5.41) is 5.87. The molecule has 1 aliphatic rings. The lowest BCUT2D eigenvalue weighted by Crippen LogP contribution is -2.38. The average Bonchev–Trinajstić information content (AvgIpc) is 3.28. The highest BCUT2D eigenvalue weighted by atomic mass is 16.5. The monoisotopic (exact) mass is 451 g/mol. The standard InChI is InChI=1S/C27H25N5O2/c1-2-3-9-25(33)31-16-14-21(15-17-31)32-27-24(18-28-19-29-27)26(30-32)20-10-12-23(13-11-20)34-22-7-5-4-6-8-22/h4-8,10-13,18-19,21H,2,14-17H2,1H3. The fraction of sp³-hybridized carbons (Fsp3) is 0.259. The molecule has 1 fully saturated rings. The van der Waals surface area contributed by atoms with Crippen LogP contribution in [0.2, 0.25) is 0 Å². The molecule has 170 valence electrons. The van der Waals surface area contributed by atoms with Gasteiger partial charge in [0.25, 0.3) is 5.91 Å². The zero-order valence-electron chi connectivity index (χ0n) is 19.0. The molecule has 1 amide bonds. The minimum Gasteiger partial charge on any atom is -0.457 e. The zero-order chi connectivity index (χ0) is 23.3. The van der Waals surface area contributed by atoms with Crippen LogP contribution in [0.1, 0.15) is 32.2 Å². The number of carbonyl (C=O) groups excluding carboxylic acids is 1. The van der Waals surface area contributed by atoms with Crippen molar-refractivity contribution >= 4 is 16.9 Å². The van der Waals surface area contributed by atoms with E-state index in [0.29, 0.717) is 19.5 Å². The second-order valence-electron chi connectivity index (χ2n) is 8.17. The normalized spacial score (nSPS) is 14.0. The second-order valence-corrected chi connectivity index (χ2v) is 8.17. The Kier molecular flexibility index (Phi) is 6.21. The molecule has 2 aromatic carbocycles. The Bertz CT molecular complexity index is 1340. The van der Waals surface area contributed by atoms with Gasteiger partial charge in [-0.15, -0.1) is 0 Å². The predicted molar refractivity (Wildman–Crippen MR) is 130 cm³/mol. The fourth-order valence-electron chi connectivity index (χ4n) is 4.21. The van der Waals surface area contributed by atoms with Gasteiger partial charge < -0.3 is 9.64 Å². The Labute approximate surface area is 198 Å². The van der Waals surface area contributed by atoms with Gasteiger partial charge in [0, 0.05) is 31.3 Å². The van der Waals surface area contributed by atoms with Crippen molar-refractivity contribution in [2.45, 2.75) is 32.2 Å². The van der Waals surface area contributed by atoms with Crippen molar-refractivity contribution in [1.82, 2.24) is 24.6 Å². The van der Waals surface area contributed by atoms with E-state index < -0.39 is 0 Å². The van der Waals surface area contributed by atoms with Gasteiger partial charge in [-0.3, -0.25) is 4.79 Å². The van der Waals surface area contributed by atoms with Crippen molar-refractivity contribution in [3.8, 4) is 34.6 Å². The fourth-order valence-corrected chi connectivity index (χ4v) is 4.21. The van der Waals surface area contributed by atoms with Crippen LogP contribution in [0.25, 0.3) is 22.3 Å². The van der Waals surface area contributed by atoms with E-state index in [0.717, 1.165) is 46.6 Å². The van der Waals surface area contributed by atoms with E-state index in [1.54, 1.807) is 6.33 Å². The van der Waals surface area contributed by atoms with Gasteiger partial charge in [-0.25, -0.2) is 14.6 Å². The highest BCUT2D eigenvalue weighted by Gasteiger charge is 2.26. The number of carbonyl (C=O) groups is 1. The third-order valence-electron chi connectivity index (χ3n) is 5.95. The molecule has 0 spiro atoms. The van der Waals surface area contributed by atoms with Crippen molar-refractivity contribution in [3.05, 3.63) is 67.1 Å². The predicted octanol–water partition coefficient (Wildman–Crippen LogP) is 4.86. The molecule has 1 aliphatic heterocycles. The average molecular weight is 452 g/mol. The molecule has 0 saturated carbocycles. The molecule has 0 aliphatic carbocycles. The number of hydrogen-bond donors (Lipinski definition) is 0. The molecule has 7 heteroatoms. The molecular formula is C27H25N5O2. The molecule has 0 unspecified atom stereocenters. The summed E-state index contributed by atoms with van der Waals surface area (Å²) in [5.74, 6) is 7.05. The van der Waals surface area contributed by atoms with Gasteiger partial charge in [-0.05, 0) is 55.2 Å². The molecule has 2 aromatic heterocycles. The number of fused-ring (bicyclic) bond motifs is 1. The van der Waals surface area contributed by atoms with E-state index in [1.807, 2.05) is 77.3 Å². The van der Waals surface area contributed by atoms with Crippen molar-refractivity contribution in [1.29, 1.82) is 0 Å². The van der Waals surface area contributed by atoms with E-state index in [1.165, 1.54) is 0 Å². The number of para-hydroxylation sites is 1. The first-order valence-electron chi connectivity index (χ1n) is 11.5. The van der Waals surface area contributed by atoms with Gasteiger partial charge in [0.1, 0.15) is 23.5 Å². The van der Waals surface area contributed by atoms with Crippen LogP contribution in [0.5, 0.6) is 11.5 Å². The van der Waals surface area contributed by atoms with Crippen LogP contribution in [-0.4, -0.2) is 43.6 Å². The number of benzene rings is 2. The minimum absolute atomic E-state index is 0.0913. The molecule has 1 saturated heterocycles. The van der Waals surface area contributed by atoms with E-state index in [4.69, 9.17) is 9.84 Å². The molecule has 5 rings (SSSR count). The largest absolute Gasteiger partial charge is 0.457 e. The Morgan fingerprint density at radius 3 is 2.53 bits per heavy atom. The summed E-state index contributed by atoms with van der Waals surface area (Å²) in [6.07, 6.45) is 5.67. The Morgan fingerprint density at radius 1 is 1.06 bits per heavy atom. The number of ether oxygens (including phenoxy) is 1. The smallest absolute Gasteiger partial charge is 0.298 e. The SMILES string of the molecule is CCC#CC(=O)N1CCC(n2nc(-c3ccc(Oc4ccccc4)cc3)c3cncnc32)CC1. The Morgan fingerprint density at radius 2 is 1.79 bits per heavy atom. The third-order valence-corrected chi connectivity index (χ3v) is 5.95. The lowest BCUT2D eigenvalue weighted by Gasteiger charge is -2.30. The molecule has 0 atom stereocenters. The molecule has 0 bridgehead atoms. The number of likely N-dealkylation sites (tertiary alicyclic amines) is 1. The van der Waals surface area contributed by atoms with Crippen molar-refractivity contribution in [2.75, 3.05) is 13.1 Å². The topological polar surface area (TPSA) is 73.1 Å². The van der Waals surface area contributed by atoms with Gasteiger partial charge in [0.05, 0.1) is 11.4 Å². The first kappa shape index (κ1) is 21.7. The molecule has 0 N–H and O–H groups in total. The van der Waals surface area contributed by atoms with Gasteiger partial charge in [0.2, 0.25) is 0 Å². The summed E-state index contributed by atoms with van der Waals surface area (Å²) in [7, 11) is 0. The summed E-state index contributed by atoms with van der Waals surface area (Å²) in [4.78, 5) is 22.8. The molecule has 7 nitrogen and oxygen atoms in total. The van der Waals surface area contributed by atoms with Crippen LogP contribution >= 0.6 is 0 Å². The maximum atomic E-state index is 12.2. The quantitative estimate of drug-likeness (QED) is 0.414. The summed E-state index contributed by atoms with van der Waals surface area (Å²) in [6, 6.07) is 17.8. The molecule has 3 heterocycles. The van der Waals surface area contributed by atoms with Crippen LogP contribution in [0.15, 0.2) is 67.1 Å². The summed E-state index contributed by atoms with van der Waals surface area (Å²) in [5.41, 5.74) is 2.63.